The fourth-order valence-corrected chi connectivity index (χ4v) is 1.50. The molecule has 0 bridgehead atoms. The van der Waals surface area contributed by atoms with E-state index in [1.165, 1.54) is 0 Å². The van der Waals surface area contributed by atoms with Crippen LogP contribution in [0.1, 0.15) is 5.56 Å². The molecule has 5 heteroatoms. The highest BCUT2D eigenvalue weighted by molar-refractivity contribution is 6.29. The maximum Gasteiger partial charge on any atom is 0.315 e. The van der Waals surface area contributed by atoms with E-state index in [1.54, 1.807) is 35.2 Å². The molecule has 0 atom stereocenters. The second kappa shape index (κ2) is 4.37. The van der Waals surface area contributed by atoms with Gasteiger partial charge in [-0.15, -0.1) is 0 Å². The lowest BCUT2D eigenvalue weighted by molar-refractivity contribution is -0.674. The van der Waals surface area contributed by atoms with Gasteiger partial charge in [-0.3, -0.25) is 5.73 Å². The Kier molecular flexibility index (Phi) is 2.92. The number of hydrogen-bond acceptors (Lipinski definition) is 3. The van der Waals surface area contributed by atoms with E-state index in [2.05, 4.69) is 4.98 Å². The fourth-order valence-electron chi connectivity index (χ4n) is 1.39. The SMILES string of the molecule is Nc1c(O)ccc[n+]1Cc1ccc(Cl)nc1. The van der Waals surface area contributed by atoms with Crippen LogP contribution in [0.5, 0.6) is 5.75 Å². The number of aromatic hydroxyl groups is 1. The van der Waals surface area contributed by atoms with Crippen LogP contribution in [0.15, 0.2) is 36.7 Å². The van der Waals surface area contributed by atoms with Gasteiger partial charge in [0.25, 0.3) is 0 Å². The van der Waals surface area contributed by atoms with Crippen molar-refractivity contribution in [3.63, 3.8) is 0 Å². The third-order valence-corrected chi connectivity index (χ3v) is 2.46. The van der Waals surface area contributed by atoms with Crippen LogP contribution >= 0.6 is 11.6 Å². The predicted molar refractivity (Wildman–Crippen MR) is 61.1 cm³/mol. The summed E-state index contributed by atoms with van der Waals surface area (Å²) in [6, 6.07) is 6.86. The minimum Gasteiger partial charge on any atom is -0.501 e. The number of aromatic nitrogens is 2. The average molecular weight is 237 g/mol. The molecule has 82 valence electrons. The Balaban J connectivity index is 2.27. The lowest BCUT2D eigenvalue weighted by atomic mass is 10.3. The number of halogens is 1. The third kappa shape index (κ3) is 2.23. The van der Waals surface area contributed by atoms with Crippen LogP contribution in [0.3, 0.4) is 0 Å². The summed E-state index contributed by atoms with van der Waals surface area (Å²) in [5, 5.41) is 9.90. The predicted octanol–water partition coefficient (Wildman–Crippen LogP) is 1.36. The van der Waals surface area contributed by atoms with Gasteiger partial charge in [0.05, 0.1) is 6.20 Å². The normalized spacial score (nSPS) is 10.3. The zero-order valence-electron chi connectivity index (χ0n) is 8.47. The van der Waals surface area contributed by atoms with E-state index in [9.17, 15) is 5.11 Å². The van der Waals surface area contributed by atoms with Gasteiger partial charge in [0.2, 0.25) is 5.75 Å². The van der Waals surface area contributed by atoms with Crippen LogP contribution in [-0.2, 0) is 6.54 Å². The summed E-state index contributed by atoms with van der Waals surface area (Å²) >= 11 is 5.69. The van der Waals surface area contributed by atoms with Gasteiger partial charge in [-0.05, 0) is 18.2 Å². The number of nitrogens with zero attached hydrogens (tertiary/aromatic N) is 2. The molecule has 2 aromatic rings. The lowest BCUT2D eigenvalue weighted by Crippen LogP contribution is -2.37. The number of hydrogen-bond donors (Lipinski definition) is 2. The first kappa shape index (κ1) is 10.7. The van der Waals surface area contributed by atoms with Crippen LogP contribution in [0, 0.1) is 0 Å². The van der Waals surface area contributed by atoms with Gasteiger partial charge in [0.15, 0.2) is 0 Å². The van der Waals surface area contributed by atoms with Crippen molar-refractivity contribution >= 4 is 17.4 Å². The standard InChI is InChI=1S/C11H10ClN3O/c12-10-4-3-8(6-14-10)7-15-5-1-2-9(16)11(15)13/h1-6,13,16H,7H2/p+1. The monoisotopic (exact) mass is 236 g/mol. The number of nitrogens with two attached hydrogens (primary N) is 1. The van der Waals surface area contributed by atoms with Crippen LogP contribution in [0.2, 0.25) is 5.15 Å². The van der Waals surface area contributed by atoms with Crippen molar-refractivity contribution in [3.05, 3.63) is 47.4 Å². The summed E-state index contributed by atoms with van der Waals surface area (Å²) in [5.74, 6) is 0.405. The first-order chi connectivity index (χ1) is 7.66. The van der Waals surface area contributed by atoms with Gasteiger partial charge in [0, 0.05) is 11.8 Å². The van der Waals surface area contributed by atoms with Gasteiger partial charge < -0.3 is 5.11 Å². The highest BCUT2D eigenvalue weighted by Gasteiger charge is 2.09. The summed E-state index contributed by atoms with van der Waals surface area (Å²) < 4.78 is 1.74. The number of anilines is 1. The number of nitrogen functional groups attached to an aromatic ring is 1. The molecule has 0 fully saturated rings. The van der Waals surface area contributed by atoms with Crippen molar-refractivity contribution in [2.45, 2.75) is 6.54 Å². The molecule has 2 aromatic heterocycles. The van der Waals surface area contributed by atoms with Crippen molar-refractivity contribution < 1.29 is 9.67 Å². The fraction of sp³-hybridized carbons (Fsp3) is 0.0909. The second-order valence-electron chi connectivity index (χ2n) is 3.40. The van der Waals surface area contributed by atoms with E-state index >= 15 is 0 Å². The lowest BCUT2D eigenvalue weighted by Gasteiger charge is -2.03. The smallest absolute Gasteiger partial charge is 0.315 e. The highest BCUT2D eigenvalue weighted by atomic mass is 35.5. The summed E-state index contributed by atoms with van der Waals surface area (Å²) in [6.45, 7) is 0.546. The molecule has 0 unspecified atom stereocenters. The summed E-state index contributed by atoms with van der Waals surface area (Å²) in [5.41, 5.74) is 6.69. The zero-order chi connectivity index (χ0) is 11.5. The molecule has 0 aromatic carbocycles. The Morgan fingerprint density at radius 1 is 1.38 bits per heavy atom. The van der Waals surface area contributed by atoms with E-state index in [0.29, 0.717) is 17.5 Å². The third-order valence-electron chi connectivity index (χ3n) is 2.23. The average Bonchev–Trinajstić information content (AvgIpc) is 2.28. The van der Waals surface area contributed by atoms with E-state index < -0.39 is 0 Å². The molecule has 0 aliphatic heterocycles. The van der Waals surface area contributed by atoms with Crippen molar-refractivity contribution in [1.82, 2.24) is 4.98 Å². The molecule has 0 spiro atoms. The molecule has 0 radical (unpaired) electrons. The van der Waals surface area contributed by atoms with Gasteiger partial charge in [0.1, 0.15) is 11.7 Å². The Hall–Kier alpha value is -1.81. The van der Waals surface area contributed by atoms with Crippen molar-refractivity contribution in [2.75, 3.05) is 5.73 Å². The summed E-state index contributed by atoms with van der Waals surface area (Å²) in [7, 11) is 0. The van der Waals surface area contributed by atoms with Gasteiger partial charge in [-0.1, -0.05) is 17.7 Å². The topological polar surface area (TPSA) is 63.0 Å². The molecule has 3 N–H and O–H groups in total. The molecule has 0 amide bonds. The Bertz CT molecular complexity index is 499. The molecular formula is C11H11ClN3O+. The van der Waals surface area contributed by atoms with Crippen LogP contribution in [0.4, 0.5) is 5.82 Å². The van der Waals surface area contributed by atoms with Crippen LogP contribution in [0.25, 0.3) is 0 Å². The molecule has 16 heavy (non-hydrogen) atoms. The van der Waals surface area contributed by atoms with Crippen LogP contribution in [-0.4, -0.2) is 10.1 Å². The highest BCUT2D eigenvalue weighted by Crippen LogP contribution is 2.13. The van der Waals surface area contributed by atoms with E-state index in [4.69, 9.17) is 17.3 Å². The molecule has 2 rings (SSSR count). The maximum atomic E-state index is 9.44. The molecular weight excluding hydrogens is 226 g/mol. The second-order valence-corrected chi connectivity index (χ2v) is 3.78. The van der Waals surface area contributed by atoms with E-state index in [0.717, 1.165) is 5.56 Å². The van der Waals surface area contributed by atoms with Gasteiger partial charge in [-0.2, -0.15) is 0 Å². The van der Waals surface area contributed by atoms with Crippen molar-refractivity contribution in [3.8, 4) is 5.75 Å². The van der Waals surface area contributed by atoms with E-state index in [-0.39, 0.29) is 5.75 Å². The first-order valence-corrected chi connectivity index (χ1v) is 5.12. The molecule has 0 saturated heterocycles. The number of pyridine rings is 2. The quantitative estimate of drug-likeness (QED) is 0.611. The minimum atomic E-state index is 0.0735. The van der Waals surface area contributed by atoms with Crippen LogP contribution < -0.4 is 10.3 Å². The first-order valence-electron chi connectivity index (χ1n) is 4.74. The van der Waals surface area contributed by atoms with Crippen molar-refractivity contribution in [2.24, 2.45) is 0 Å². The summed E-state index contributed by atoms with van der Waals surface area (Å²) in [6.07, 6.45) is 3.47. The number of rotatable bonds is 2. The Morgan fingerprint density at radius 2 is 2.19 bits per heavy atom. The molecule has 0 aliphatic carbocycles. The maximum absolute atomic E-state index is 9.44. The summed E-state index contributed by atoms with van der Waals surface area (Å²) in [4.78, 5) is 3.98. The van der Waals surface area contributed by atoms with Gasteiger partial charge in [-0.25, -0.2) is 9.55 Å². The molecule has 0 aliphatic rings. The minimum absolute atomic E-state index is 0.0735. The molecule has 4 nitrogen and oxygen atoms in total. The Morgan fingerprint density at radius 3 is 2.88 bits per heavy atom. The zero-order valence-corrected chi connectivity index (χ0v) is 9.22. The van der Waals surface area contributed by atoms with Crippen molar-refractivity contribution in [1.29, 1.82) is 0 Å². The largest absolute Gasteiger partial charge is 0.501 e. The van der Waals surface area contributed by atoms with Gasteiger partial charge >= 0.3 is 5.82 Å². The molecule has 2 heterocycles. The van der Waals surface area contributed by atoms with E-state index in [1.807, 2.05) is 6.07 Å². The molecule has 0 saturated carbocycles. The Labute approximate surface area is 97.9 Å².